The molecule has 1 amide bonds. The van der Waals surface area contributed by atoms with Crippen LogP contribution in [0.5, 0.6) is 0 Å². The van der Waals surface area contributed by atoms with Crippen molar-refractivity contribution in [1.29, 1.82) is 0 Å². The SMILES string of the molecule is CC1CC(C)CN(c2ccc(C(=O)NCCCO)cc2[N+](=O)[O-])C1. The van der Waals surface area contributed by atoms with Crippen molar-refractivity contribution in [1.82, 2.24) is 5.32 Å². The number of aliphatic hydroxyl groups is 1. The van der Waals surface area contributed by atoms with Gasteiger partial charge in [0, 0.05) is 37.9 Å². The van der Waals surface area contributed by atoms with E-state index in [1.165, 1.54) is 6.07 Å². The fourth-order valence-corrected chi connectivity index (χ4v) is 3.32. The molecule has 1 heterocycles. The molecule has 24 heavy (non-hydrogen) atoms. The van der Waals surface area contributed by atoms with Gasteiger partial charge < -0.3 is 15.3 Å². The zero-order valence-electron chi connectivity index (χ0n) is 14.2. The number of nitrogens with one attached hydrogen (secondary N) is 1. The molecule has 0 radical (unpaired) electrons. The van der Waals surface area contributed by atoms with Gasteiger partial charge in [-0.05, 0) is 36.8 Å². The second-order valence-corrected chi connectivity index (χ2v) is 6.64. The van der Waals surface area contributed by atoms with Crippen molar-refractivity contribution in [3.8, 4) is 0 Å². The van der Waals surface area contributed by atoms with Crippen LogP contribution in [0.15, 0.2) is 18.2 Å². The molecule has 7 nitrogen and oxygen atoms in total. The average Bonchev–Trinajstić information content (AvgIpc) is 2.53. The van der Waals surface area contributed by atoms with Crippen molar-refractivity contribution >= 4 is 17.3 Å². The number of nitrogens with zero attached hydrogens (tertiary/aromatic N) is 2. The summed E-state index contributed by atoms with van der Waals surface area (Å²) in [6.07, 6.45) is 1.57. The standard InChI is InChI=1S/C17H25N3O4/c1-12-8-13(2)11-19(10-12)15-5-4-14(9-16(15)20(23)24)17(22)18-6-3-7-21/h4-5,9,12-13,21H,3,6-8,10-11H2,1-2H3,(H,18,22). The summed E-state index contributed by atoms with van der Waals surface area (Å²) in [6, 6.07) is 4.64. The van der Waals surface area contributed by atoms with Gasteiger partial charge in [0.1, 0.15) is 5.69 Å². The van der Waals surface area contributed by atoms with E-state index in [1.54, 1.807) is 12.1 Å². The molecule has 0 bridgehead atoms. The monoisotopic (exact) mass is 335 g/mol. The Hall–Kier alpha value is -2.15. The lowest BCUT2D eigenvalue weighted by atomic mass is 9.91. The maximum Gasteiger partial charge on any atom is 0.293 e. The van der Waals surface area contributed by atoms with Gasteiger partial charge in [-0.15, -0.1) is 0 Å². The van der Waals surface area contributed by atoms with E-state index in [-0.39, 0.29) is 23.8 Å². The molecule has 1 aromatic carbocycles. The van der Waals surface area contributed by atoms with Crippen LogP contribution in [0, 0.1) is 22.0 Å². The average molecular weight is 335 g/mol. The van der Waals surface area contributed by atoms with Crippen molar-refractivity contribution in [2.75, 3.05) is 31.1 Å². The normalized spacial score (nSPS) is 20.7. The number of carbonyl (C=O) groups is 1. The molecule has 132 valence electrons. The fraction of sp³-hybridized carbons (Fsp3) is 0.588. The molecular weight excluding hydrogens is 310 g/mol. The summed E-state index contributed by atoms with van der Waals surface area (Å²) in [4.78, 5) is 25.2. The zero-order chi connectivity index (χ0) is 17.7. The van der Waals surface area contributed by atoms with Gasteiger partial charge in [0.2, 0.25) is 0 Å². The molecule has 1 fully saturated rings. The van der Waals surface area contributed by atoms with Crippen LogP contribution in [-0.4, -0.2) is 42.2 Å². The number of anilines is 1. The van der Waals surface area contributed by atoms with Gasteiger partial charge in [-0.25, -0.2) is 0 Å². The van der Waals surface area contributed by atoms with E-state index in [0.717, 1.165) is 19.5 Å². The summed E-state index contributed by atoms with van der Waals surface area (Å²) in [5.74, 6) is 0.600. The molecule has 2 unspecified atom stereocenters. The fourth-order valence-electron chi connectivity index (χ4n) is 3.32. The van der Waals surface area contributed by atoms with Crippen LogP contribution in [-0.2, 0) is 0 Å². The number of rotatable bonds is 6. The van der Waals surface area contributed by atoms with E-state index in [0.29, 0.717) is 30.5 Å². The molecular formula is C17H25N3O4. The van der Waals surface area contributed by atoms with E-state index in [9.17, 15) is 14.9 Å². The lowest BCUT2D eigenvalue weighted by molar-refractivity contribution is -0.384. The van der Waals surface area contributed by atoms with Gasteiger partial charge in [0.05, 0.1) is 4.92 Å². The van der Waals surface area contributed by atoms with Gasteiger partial charge >= 0.3 is 0 Å². The van der Waals surface area contributed by atoms with Crippen LogP contribution < -0.4 is 10.2 Å². The molecule has 2 N–H and O–H groups in total. The number of nitro groups is 1. The van der Waals surface area contributed by atoms with Crippen LogP contribution in [0.25, 0.3) is 0 Å². The topological polar surface area (TPSA) is 95.7 Å². The van der Waals surface area contributed by atoms with Gasteiger partial charge in [-0.1, -0.05) is 13.8 Å². The van der Waals surface area contributed by atoms with Crippen LogP contribution in [0.2, 0.25) is 0 Å². The van der Waals surface area contributed by atoms with Gasteiger partial charge in [-0.2, -0.15) is 0 Å². The van der Waals surface area contributed by atoms with E-state index in [1.807, 2.05) is 4.90 Å². The zero-order valence-corrected chi connectivity index (χ0v) is 14.2. The molecule has 0 spiro atoms. The predicted octanol–water partition coefficient (Wildman–Crippen LogP) is 2.19. The quantitative estimate of drug-likeness (QED) is 0.472. The molecule has 0 aromatic heterocycles. The van der Waals surface area contributed by atoms with Crippen molar-refractivity contribution in [2.24, 2.45) is 11.8 Å². The summed E-state index contributed by atoms with van der Waals surface area (Å²) < 4.78 is 0. The molecule has 0 aliphatic carbocycles. The number of hydrogen-bond acceptors (Lipinski definition) is 5. The number of hydrogen-bond donors (Lipinski definition) is 2. The van der Waals surface area contributed by atoms with Gasteiger partial charge in [0.15, 0.2) is 0 Å². The van der Waals surface area contributed by atoms with Crippen LogP contribution in [0.3, 0.4) is 0 Å². The number of carbonyl (C=O) groups excluding carboxylic acids is 1. The van der Waals surface area contributed by atoms with E-state index in [4.69, 9.17) is 5.11 Å². The molecule has 1 saturated heterocycles. The Labute approximate surface area is 141 Å². The minimum absolute atomic E-state index is 0.00923. The van der Waals surface area contributed by atoms with Crippen molar-refractivity contribution in [3.05, 3.63) is 33.9 Å². The predicted molar refractivity (Wildman–Crippen MR) is 92.3 cm³/mol. The number of aliphatic hydroxyl groups excluding tert-OH is 1. The first-order valence-electron chi connectivity index (χ1n) is 8.34. The maximum absolute atomic E-state index is 12.1. The Morgan fingerprint density at radius 2 is 2.04 bits per heavy atom. The molecule has 1 aliphatic heterocycles. The summed E-state index contributed by atoms with van der Waals surface area (Å²) in [5.41, 5.74) is 0.804. The first-order chi connectivity index (χ1) is 11.4. The molecule has 1 aliphatic rings. The summed E-state index contributed by atoms with van der Waals surface area (Å²) in [6.45, 7) is 6.20. The molecule has 0 saturated carbocycles. The van der Waals surface area contributed by atoms with Crippen molar-refractivity contribution in [3.63, 3.8) is 0 Å². The number of benzene rings is 1. The Morgan fingerprint density at radius 1 is 1.38 bits per heavy atom. The summed E-state index contributed by atoms with van der Waals surface area (Å²) in [7, 11) is 0. The Kier molecular flexibility index (Phi) is 6.14. The van der Waals surface area contributed by atoms with Gasteiger partial charge in [0.25, 0.3) is 11.6 Å². The third-order valence-corrected chi connectivity index (χ3v) is 4.26. The van der Waals surface area contributed by atoms with Gasteiger partial charge in [-0.3, -0.25) is 14.9 Å². The summed E-state index contributed by atoms with van der Waals surface area (Å²) >= 11 is 0. The molecule has 2 atom stereocenters. The first kappa shape index (κ1) is 18.2. The van der Waals surface area contributed by atoms with Crippen molar-refractivity contribution < 1.29 is 14.8 Å². The highest BCUT2D eigenvalue weighted by molar-refractivity contribution is 5.95. The first-order valence-corrected chi connectivity index (χ1v) is 8.34. The number of nitro benzene ring substituents is 1. The smallest absolute Gasteiger partial charge is 0.293 e. The maximum atomic E-state index is 12.1. The highest BCUT2D eigenvalue weighted by Crippen LogP contribution is 2.33. The van der Waals surface area contributed by atoms with E-state index < -0.39 is 4.92 Å². The Bertz CT molecular complexity index is 595. The van der Waals surface area contributed by atoms with E-state index >= 15 is 0 Å². The van der Waals surface area contributed by atoms with Crippen LogP contribution in [0.4, 0.5) is 11.4 Å². The van der Waals surface area contributed by atoms with Crippen molar-refractivity contribution in [2.45, 2.75) is 26.7 Å². The highest BCUT2D eigenvalue weighted by atomic mass is 16.6. The largest absolute Gasteiger partial charge is 0.396 e. The molecule has 7 heteroatoms. The lowest BCUT2D eigenvalue weighted by Crippen LogP contribution is -2.39. The summed E-state index contributed by atoms with van der Waals surface area (Å²) in [5, 5.41) is 22.9. The second kappa shape index (κ2) is 8.10. The number of amides is 1. The Balaban J connectivity index is 2.23. The van der Waals surface area contributed by atoms with Crippen LogP contribution in [0.1, 0.15) is 37.0 Å². The van der Waals surface area contributed by atoms with Crippen LogP contribution >= 0.6 is 0 Å². The minimum atomic E-state index is -0.427. The third kappa shape index (κ3) is 4.44. The second-order valence-electron chi connectivity index (χ2n) is 6.64. The van der Waals surface area contributed by atoms with E-state index in [2.05, 4.69) is 19.2 Å². The minimum Gasteiger partial charge on any atom is -0.396 e. The Morgan fingerprint density at radius 3 is 2.62 bits per heavy atom. The molecule has 1 aromatic rings. The highest BCUT2D eigenvalue weighted by Gasteiger charge is 2.27. The molecule has 2 rings (SSSR count). The lowest BCUT2D eigenvalue weighted by Gasteiger charge is -2.36. The number of piperidine rings is 1. The third-order valence-electron chi connectivity index (χ3n) is 4.26.